The van der Waals surface area contributed by atoms with E-state index >= 15 is 0 Å². The van der Waals surface area contributed by atoms with E-state index in [1.807, 2.05) is 79.8 Å². The lowest BCUT2D eigenvalue weighted by atomic mass is 9.78. The maximum atomic E-state index is 14.8. The van der Waals surface area contributed by atoms with Crippen LogP contribution < -0.4 is 16.8 Å². The van der Waals surface area contributed by atoms with Crippen molar-refractivity contribution in [1.29, 1.82) is 0 Å². The van der Waals surface area contributed by atoms with Crippen molar-refractivity contribution >= 4 is 69.4 Å². The van der Waals surface area contributed by atoms with Gasteiger partial charge in [-0.3, -0.25) is 19.2 Å². The number of rotatable bonds is 37. The summed E-state index contributed by atoms with van der Waals surface area (Å²) in [5.41, 5.74) is 20.0. The first kappa shape index (κ1) is 101. The number of Topliss-reactive ketones (excluding diaryl/α,β-unsaturated/α-hetero) is 2. The first-order valence-electron chi connectivity index (χ1n) is 45.0. The predicted molar refractivity (Wildman–Crippen MR) is 471 cm³/mol. The number of hydrogen-bond acceptors (Lipinski definition) is 30. The number of alkyl carbamates (subject to hydrolysis) is 1. The Morgan fingerprint density at radius 2 is 1.38 bits per heavy atom. The number of nitrogens with one attached hydrogen (secondary N) is 1. The van der Waals surface area contributed by atoms with Gasteiger partial charge < -0.3 is 113 Å². The third-order valence-corrected chi connectivity index (χ3v) is 24.7. The van der Waals surface area contributed by atoms with Crippen LogP contribution in [0.3, 0.4) is 0 Å². The van der Waals surface area contributed by atoms with Crippen molar-refractivity contribution in [2.75, 3.05) is 158 Å². The maximum absolute atomic E-state index is 14.8. The lowest BCUT2D eigenvalue weighted by Crippen LogP contribution is -2.61. The molecule has 2 bridgehead atoms. The summed E-state index contributed by atoms with van der Waals surface area (Å²) in [5.74, 6) is -7.56. The quantitative estimate of drug-likeness (QED) is 0.00934. The van der Waals surface area contributed by atoms with E-state index in [0.29, 0.717) is 222 Å². The van der Waals surface area contributed by atoms with E-state index < -0.39 is 102 Å². The molecule has 34 nitrogen and oxygen atoms in total. The Bertz CT molecular complexity index is 4460. The van der Waals surface area contributed by atoms with Gasteiger partial charge in [0.15, 0.2) is 17.0 Å². The fourth-order valence-corrected chi connectivity index (χ4v) is 17.3. The van der Waals surface area contributed by atoms with Gasteiger partial charge in [0.25, 0.3) is 17.7 Å². The molecule has 10 rings (SSSR count). The number of carbonyl (C=O) groups excluding carboxylic acids is 6. The van der Waals surface area contributed by atoms with Crippen LogP contribution in [0.15, 0.2) is 94.7 Å². The third kappa shape index (κ3) is 29.5. The number of allylic oxidation sites excluding steroid dienone is 5. The molecule has 3 aromatic heterocycles. The number of methoxy groups -OCH3 is 3. The molecule has 0 unspecified atom stereocenters. The number of benzene rings is 2. The number of aliphatic hydroxyl groups excluding tert-OH is 2. The highest BCUT2D eigenvalue weighted by molar-refractivity contribution is 6.39. The molecule has 0 spiro atoms. The Hall–Kier alpha value is -8.56. The molecular formula is C93H136N10O24. The molecular weight excluding hydrogens is 1640 g/mol. The summed E-state index contributed by atoms with van der Waals surface area (Å²) in [4.78, 5) is 100. The Kier molecular flexibility index (Phi) is 40.5. The third-order valence-electron chi connectivity index (χ3n) is 24.7. The number of fused-ring (bicyclic) bond motifs is 6. The molecule has 2 aromatic carbocycles. The normalized spacial score (nSPS) is 26.7. The number of aromatic nitrogens is 5. The number of aliphatic hydroxyl groups is 3. The second kappa shape index (κ2) is 51.1. The van der Waals surface area contributed by atoms with Gasteiger partial charge in [-0.2, -0.15) is 10.1 Å². The Morgan fingerprint density at radius 3 is 2.05 bits per heavy atom. The molecule has 702 valence electrons. The van der Waals surface area contributed by atoms with Crippen LogP contribution in [0.25, 0.3) is 33.4 Å². The smallest absolute Gasteiger partial charge is 0.407 e. The molecule has 16 atom stereocenters. The van der Waals surface area contributed by atoms with Crippen molar-refractivity contribution in [2.45, 2.75) is 212 Å². The Balaban J connectivity index is 0.552. The largest absolute Gasteiger partial charge is 0.460 e. The Morgan fingerprint density at radius 1 is 0.701 bits per heavy atom. The molecule has 127 heavy (non-hydrogen) atoms. The van der Waals surface area contributed by atoms with Gasteiger partial charge in [-0.1, -0.05) is 89.3 Å². The zero-order chi connectivity index (χ0) is 90.9. The molecule has 1 aliphatic carbocycles. The topological polar surface area (TPSA) is 433 Å². The highest BCUT2D eigenvalue weighted by Crippen LogP contribution is 2.40. The van der Waals surface area contributed by atoms with Crippen LogP contribution in [0.1, 0.15) is 149 Å². The van der Waals surface area contributed by atoms with Crippen LogP contribution >= 0.6 is 0 Å². The Labute approximate surface area is 744 Å². The second-order valence-electron chi connectivity index (χ2n) is 34.1. The summed E-state index contributed by atoms with van der Waals surface area (Å²) in [6, 6.07) is 10.7. The SMILES string of the molecule is CO[C@H]1C[C@@H]2CC[C@@H](C)[C@@](O)(O2)C(=O)C(=O)N2CCCC[C@H]2C(=O)O[C@H]([C@H](C)C[C@@H]2CC[C@@H](OC(=O)NCCOCCOCCOCCOCCOCCOCCOCCOCCC(=O)N3CCc4cc(Cn5nc(-c6ccc7oc(N)nc7c6)c6c(N)ncnc65)ccc4C3)[C@H](OC)C2)C[C@@H](O)[C@H](C)/C=C(/C)[C@@H](O)[C@@H](OC)C(=O)[C@H](C)C[C@H](C)C=CC=CC=C1C. The summed E-state index contributed by atoms with van der Waals surface area (Å²) in [5, 5.41) is 44.2. The molecule has 0 radical (unpaired) electrons. The molecule has 7 heterocycles. The minimum absolute atomic E-state index is 0.00472. The number of ketones is 2. The lowest BCUT2D eigenvalue weighted by Gasteiger charge is -2.43. The van der Waals surface area contributed by atoms with Crippen molar-refractivity contribution in [3.63, 3.8) is 0 Å². The van der Waals surface area contributed by atoms with E-state index in [9.17, 15) is 44.1 Å². The summed E-state index contributed by atoms with van der Waals surface area (Å²) in [6.45, 7) is 20.5. The van der Waals surface area contributed by atoms with Crippen LogP contribution in [-0.4, -0.2) is 293 Å². The fourth-order valence-electron chi connectivity index (χ4n) is 17.3. The van der Waals surface area contributed by atoms with Gasteiger partial charge in [0, 0.05) is 83.7 Å². The van der Waals surface area contributed by atoms with E-state index in [2.05, 4.69) is 38.5 Å². The van der Waals surface area contributed by atoms with Crippen LogP contribution in [-0.2, 0) is 110 Å². The average Bonchev–Trinajstić information content (AvgIpc) is 1.71. The summed E-state index contributed by atoms with van der Waals surface area (Å²) in [6.07, 6.45) is 11.4. The number of piperidine rings is 1. The summed E-state index contributed by atoms with van der Waals surface area (Å²) >= 11 is 0. The molecule has 8 N–H and O–H groups in total. The standard InChI is InChI=1S/C93H136N10O24/c1-59-16-12-11-13-17-60(2)77(113-8)54-71-24-19-65(7)93(112,127-71)86(108)89(109)102-30-15-14-18-73(102)90(110)124-78(55-74(104)61(3)49-64(6)84(107)85(115-10)83(106)63(5)48-59)62(4)50-66-21-25-76(79(52-66)114-9)126-92(111)96-29-33-117-35-37-119-39-41-121-43-45-123-47-46-122-44-42-120-40-38-118-36-34-116-32-28-80(105)101-31-27-68-51-67(20-22-70(68)57-101)56-103-88-81(87(94)97-58-98-88)82(100-103)69-23-26-75-72(53-69)99-91(95)125-75/h11-13,16-17,20,22-23,26,49,51,53,58-59,61-63,65-66,71,73-74,76-79,84-85,104,107,112H,14-15,18-19,21,24-25,27-48,50,52,54-57H2,1-10H3,(H2,95,99)(H,96,111)(H2,94,97,98)/b13-11?,16-12?,60-17?,64-49-/t59-,61-,62-,63-,65-,66+,71+,73+,74-,76-,77+,78+,79-,84-,85+,93-/m1/s1. The van der Waals surface area contributed by atoms with E-state index in [0.717, 1.165) is 28.7 Å². The van der Waals surface area contributed by atoms with E-state index in [4.69, 9.17) is 87.3 Å². The summed E-state index contributed by atoms with van der Waals surface area (Å²) < 4.78 is 88.5. The van der Waals surface area contributed by atoms with Crippen molar-refractivity contribution < 1.29 is 115 Å². The zero-order valence-electron chi connectivity index (χ0n) is 75.6. The van der Waals surface area contributed by atoms with E-state index in [1.165, 1.54) is 23.9 Å². The number of esters is 1. The van der Waals surface area contributed by atoms with Crippen LogP contribution in [0.4, 0.5) is 16.6 Å². The molecule has 5 aliphatic rings. The molecule has 34 heteroatoms. The van der Waals surface area contributed by atoms with E-state index in [1.54, 1.807) is 47.1 Å². The molecule has 3 fully saturated rings. The number of nitrogens with zero attached hydrogens (tertiary/aromatic N) is 7. The average molecular weight is 1780 g/mol. The number of nitrogen functional groups attached to an aromatic ring is 2. The lowest BCUT2D eigenvalue weighted by molar-refractivity contribution is -0.265. The second-order valence-corrected chi connectivity index (χ2v) is 34.1. The maximum Gasteiger partial charge on any atom is 0.407 e. The van der Waals surface area contributed by atoms with Gasteiger partial charge >= 0.3 is 12.1 Å². The number of hydrogen-bond donors (Lipinski definition) is 6. The van der Waals surface area contributed by atoms with Gasteiger partial charge in [0.1, 0.15) is 53.8 Å². The number of nitrogens with two attached hydrogens (primary N) is 2. The first-order valence-corrected chi connectivity index (χ1v) is 45.0. The minimum atomic E-state index is -2.47. The molecule has 3 amide bonds. The first-order chi connectivity index (χ1) is 61.3. The van der Waals surface area contributed by atoms with Gasteiger partial charge in [-0.15, -0.1) is 0 Å². The number of anilines is 2. The fraction of sp³-hybridized carbons (Fsp3) is 0.656. The van der Waals surface area contributed by atoms with Crippen LogP contribution in [0.5, 0.6) is 0 Å². The molecule has 5 aromatic rings. The van der Waals surface area contributed by atoms with Gasteiger partial charge in [0.05, 0.1) is 148 Å². The highest BCUT2D eigenvalue weighted by atomic mass is 16.6. The van der Waals surface area contributed by atoms with Gasteiger partial charge in [-0.25, -0.2) is 24.2 Å². The number of ether oxygens (including phenoxy) is 14. The van der Waals surface area contributed by atoms with Gasteiger partial charge in [-0.05, 0) is 148 Å². The number of amides is 3. The van der Waals surface area contributed by atoms with Crippen molar-refractivity contribution in [3.8, 4) is 11.3 Å². The van der Waals surface area contributed by atoms with Gasteiger partial charge in [0.2, 0.25) is 11.7 Å². The monoisotopic (exact) mass is 1780 g/mol. The number of cyclic esters (lactones) is 1. The number of carbonyl (C=O) groups is 6. The molecule has 2 saturated heterocycles. The van der Waals surface area contributed by atoms with Crippen molar-refractivity contribution in [1.82, 2.24) is 39.8 Å². The molecule has 1 saturated carbocycles. The predicted octanol–water partition coefficient (Wildman–Crippen LogP) is 8.97. The zero-order valence-corrected chi connectivity index (χ0v) is 75.6. The highest BCUT2D eigenvalue weighted by Gasteiger charge is 2.53. The summed E-state index contributed by atoms with van der Waals surface area (Å²) in [7, 11) is 4.52. The van der Waals surface area contributed by atoms with Crippen molar-refractivity contribution in [3.05, 3.63) is 107 Å². The minimum Gasteiger partial charge on any atom is -0.460 e. The van der Waals surface area contributed by atoms with E-state index in [-0.39, 0.29) is 74.4 Å². The molecule has 4 aliphatic heterocycles. The van der Waals surface area contributed by atoms with Crippen LogP contribution in [0.2, 0.25) is 0 Å². The van der Waals surface area contributed by atoms with Crippen molar-refractivity contribution in [2.24, 2.45) is 35.5 Å². The van der Waals surface area contributed by atoms with Crippen LogP contribution in [0, 0.1) is 35.5 Å². The number of oxazole rings is 1.